The van der Waals surface area contributed by atoms with Gasteiger partial charge in [-0.25, -0.2) is 8.42 Å². The molecule has 2 fully saturated rings. The molecule has 1 N–H and O–H groups in total. The van der Waals surface area contributed by atoms with E-state index >= 15 is 0 Å². The molecule has 0 spiro atoms. The Morgan fingerprint density at radius 3 is 1.91 bits per heavy atom. The lowest BCUT2D eigenvalue weighted by atomic mass is 9.91. The predicted octanol–water partition coefficient (Wildman–Crippen LogP) is 4.19. The van der Waals surface area contributed by atoms with Crippen molar-refractivity contribution in [1.29, 1.82) is 0 Å². The standard InChI is InChI=1S/C13H22OS.C7H8O3S.CHF3O3S/c14-12-8-4-5-9-13(12)15-10-11-6-2-1-3-7-11;1-6-2-4-7(5-3-6)11(8,9)10;2-1(3,4)8(5,6)7/h11,13H,1-10H2;2-5H,1H3,(H,8,9,10);(H,5,6,7). The number of carbonyl (C=O) groups is 1. The number of benzene rings is 1. The summed E-state index contributed by atoms with van der Waals surface area (Å²) >= 11 is 1.45. The van der Waals surface area contributed by atoms with Crippen LogP contribution in [0.5, 0.6) is 0 Å². The Balaban J connectivity index is 0.000000270. The lowest BCUT2D eigenvalue weighted by Crippen LogP contribution is -2.29. The zero-order chi connectivity index (χ0) is 26.0. The minimum Gasteiger partial charge on any atom is -0.741 e. The van der Waals surface area contributed by atoms with Gasteiger partial charge in [-0.15, -0.1) is 0 Å². The molecule has 1 aromatic rings. The van der Waals surface area contributed by atoms with Gasteiger partial charge in [0, 0.05) is 18.8 Å². The normalized spacial score (nSPS) is 19.9. The van der Waals surface area contributed by atoms with Crippen molar-refractivity contribution in [1.82, 2.24) is 0 Å². The van der Waals surface area contributed by atoms with Crippen molar-refractivity contribution in [3.05, 3.63) is 29.8 Å². The zero-order valence-electron chi connectivity index (χ0n) is 18.8. The molecule has 2 saturated carbocycles. The molecule has 2 aliphatic rings. The molecule has 1 unspecified atom stereocenters. The second-order valence-corrected chi connectivity index (χ2v) is 12.4. The smallest absolute Gasteiger partial charge is 0.485 e. The highest BCUT2D eigenvalue weighted by molar-refractivity contribution is 7.86. The summed E-state index contributed by atoms with van der Waals surface area (Å²) in [7, 11) is -10.1. The monoisotopic (exact) mass is 548 g/mol. The zero-order valence-corrected chi connectivity index (χ0v) is 21.4. The number of rotatable bonds is 4. The van der Waals surface area contributed by atoms with Crippen molar-refractivity contribution in [3.8, 4) is 0 Å². The van der Waals surface area contributed by atoms with Crippen LogP contribution in [0, 0.1) is 12.8 Å². The predicted molar refractivity (Wildman–Crippen MR) is 124 cm³/mol. The van der Waals surface area contributed by atoms with E-state index in [2.05, 4.69) is 0 Å². The molecule has 3 rings (SSSR count). The van der Waals surface area contributed by atoms with Gasteiger partial charge in [-0.2, -0.15) is 21.6 Å². The van der Waals surface area contributed by atoms with Crippen LogP contribution < -0.4 is 0 Å². The summed E-state index contributed by atoms with van der Waals surface area (Å²) < 4.78 is 88.5. The molecule has 34 heavy (non-hydrogen) atoms. The van der Waals surface area contributed by atoms with Crippen LogP contribution in [-0.4, -0.2) is 48.2 Å². The maximum Gasteiger partial charge on any atom is 0.485 e. The van der Waals surface area contributed by atoms with E-state index in [-0.39, 0.29) is 4.90 Å². The number of alkyl halides is 3. The molecule has 196 valence electrons. The molecule has 1 atom stereocenters. The van der Waals surface area contributed by atoms with Gasteiger partial charge < -0.3 is 4.55 Å². The van der Waals surface area contributed by atoms with Gasteiger partial charge >= 0.3 is 5.51 Å². The molecule has 0 radical (unpaired) electrons. The van der Waals surface area contributed by atoms with Gasteiger partial charge in [0.05, 0.1) is 4.90 Å². The fourth-order valence-electron chi connectivity index (χ4n) is 3.51. The summed E-state index contributed by atoms with van der Waals surface area (Å²) in [5.41, 5.74) is -4.69. The van der Waals surface area contributed by atoms with Crippen LogP contribution in [-0.2, 0) is 36.8 Å². The Bertz CT molecular complexity index is 970. The van der Waals surface area contributed by atoms with Crippen molar-refractivity contribution >= 4 is 37.8 Å². The molecule has 7 nitrogen and oxygen atoms in total. The van der Waals surface area contributed by atoms with Gasteiger partial charge in [0.2, 0.25) is 0 Å². The van der Waals surface area contributed by atoms with E-state index in [0.717, 1.165) is 24.3 Å². The van der Waals surface area contributed by atoms with Crippen molar-refractivity contribution < 1.29 is 43.9 Å². The fourth-order valence-corrected chi connectivity index (χ4v) is 5.61. The maximum absolute atomic E-state index is 11.7. The van der Waals surface area contributed by atoms with Gasteiger partial charge in [0.1, 0.15) is 5.75 Å². The number of carbonyl (C=O) groups excluding carboxylic acids is 1. The SMILES string of the molecule is Cc1ccc(S(=O)(=O)O)cc1.O=C1CCCCC1[SH+]CC1CCCCC1.O=S(=O)([O-])C(F)(F)F. The van der Waals surface area contributed by atoms with Crippen LogP contribution in [0.15, 0.2) is 29.2 Å². The number of aryl methyl sites for hydroxylation is 1. The van der Waals surface area contributed by atoms with Gasteiger partial charge in [-0.3, -0.25) is 9.35 Å². The first-order valence-corrected chi connectivity index (χ1v) is 14.9. The number of hydrogen-bond donors (Lipinski definition) is 1. The molecular formula is C21H31F3O7S3. The van der Waals surface area contributed by atoms with Gasteiger partial charge in [0.15, 0.2) is 21.2 Å². The van der Waals surface area contributed by atoms with E-state index < -0.39 is 25.7 Å². The molecule has 0 aromatic heterocycles. The fraction of sp³-hybridized carbons (Fsp3) is 0.667. The van der Waals surface area contributed by atoms with Crippen LogP contribution in [0.3, 0.4) is 0 Å². The summed E-state index contributed by atoms with van der Waals surface area (Å²) in [6, 6.07) is 5.99. The van der Waals surface area contributed by atoms with E-state index in [1.165, 1.54) is 74.6 Å². The Morgan fingerprint density at radius 1 is 0.971 bits per heavy atom. The number of hydrogen-bond acceptors (Lipinski definition) is 6. The third-order valence-corrected chi connectivity index (χ3v) is 8.58. The van der Waals surface area contributed by atoms with Crippen molar-refractivity contribution in [2.75, 3.05) is 5.75 Å². The second-order valence-electron chi connectivity index (χ2n) is 8.29. The molecule has 0 heterocycles. The van der Waals surface area contributed by atoms with Gasteiger partial charge in [-0.05, 0) is 56.5 Å². The van der Waals surface area contributed by atoms with Crippen molar-refractivity contribution in [3.63, 3.8) is 0 Å². The van der Waals surface area contributed by atoms with Crippen LogP contribution in [0.25, 0.3) is 0 Å². The van der Waals surface area contributed by atoms with Crippen LogP contribution in [0.2, 0.25) is 0 Å². The summed E-state index contributed by atoms with van der Waals surface area (Å²) in [6.45, 7) is 1.84. The topological polar surface area (TPSA) is 129 Å². The lowest BCUT2D eigenvalue weighted by Gasteiger charge is -2.20. The Hall–Kier alpha value is -1.15. The van der Waals surface area contributed by atoms with E-state index in [9.17, 15) is 26.4 Å². The average Bonchev–Trinajstić information content (AvgIpc) is 2.73. The van der Waals surface area contributed by atoms with Crippen LogP contribution in [0.1, 0.15) is 63.4 Å². The number of Topliss-reactive ketones (excluding diaryl/α,β-unsaturated/α-hetero) is 1. The Morgan fingerprint density at radius 2 is 1.47 bits per heavy atom. The third-order valence-electron chi connectivity index (χ3n) is 5.43. The van der Waals surface area contributed by atoms with Crippen molar-refractivity contribution in [2.45, 2.75) is 80.4 Å². The van der Waals surface area contributed by atoms with E-state index in [1.54, 1.807) is 12.1 Å². The van der Waals surface area contributed by atoms with E-state index in [0.29, 0.717) is 11.0 Å². The number of thiol groups is 1. The number of ketones is 1. The summed E-state index contributed by atoms with van der Waals surface area (Å²) in [5, 5.41) is 0.417. The third kappa shape index (κ3) is 12.0. The minimum absolute atomic E-state index is 0.0666. The lowest BCUT2D eigenvalue weighted by molar-refractivity contribution is -0.119. The first-order chi connectivity index (χ1) is 15.6. The molecule has 13 heteroatoms. The molecule has 2 aliphatic carbocycles. The highest BCUT2D eigenvalue weighted by atomic mass is 32.2. The van der Waals surface area contributed by atoms with Crippen LogP contribution in [0.4, 0.5) is 13.2 Å². The summed E-state index contributed by atoms with van der Waals surface area (Å²) in [5.74, 6) is 2.80. The first kappa shape index (κ1) is 30.9. The molecule has 0 amide bonds. The summed E-state index contributed by atoms with van der Waals surface area (Å²) in [4.78, 5) is 11.6. The van der Waals surface area contributed by atoms with Gasteiger partial charge in [0.25, 0.3) is 10.1 Å². The number of halogens is 3. The Labute approximate surface area is 203 Å². The Kier molecular flexibility index (Phi) is 12.5. The molecule has 0 bridgehead atoms. The van der Waals surface area contributed by atoms with E-state index in [4.69, 9.17) is 17.5 Å². The summed E-state index contributed by atoms with van der Waals surface area (Å²) in [6.07, 6.45) is 11.6. The largest absolute Gasteiger partial charge is 0.741 e. The minimum atomic E-state index is -6.09. The molecule has 0 saturated heterocycles. The molecular weight excluding hydrogens is 517 g/mol. The van der Waals surface area contributed by atoms with Crippen LogP contribution >= 0.6 is 0 Å². The highest BCUT2D eigenvalue weighted by Gasteiger charge is 2.37. The molecule has 1 aromatic carbocycles. The highest BCUT2D eigenvalue weighted by Crippen LogP contribution is 2.26. The maximum atomic E-state index is 11.7. The second kappa shape index (κ2) is 13.8. The van der Waals surface area contributed by atoms with Gasteiger partial charge in [-0.1, -0.05) is 37.0 Å². The average molecular weight is 549 g/mol. The van der Waals surface area contributed by atoms with E-state index in [1.807, 2.05) is 6.92 Å². The quantitative estimate of drug-likeness (QED) is 0.259. The first-order valence-electron chi connectivity index (χ1n) is 10.9. The van der Waals surface area contributed by atoms with Crippen molar-refractivity contribution in [2.24, 2.45) is 5.92 Å². The molecule has 0 aliphatic heterocycles.